The van der Waals surface area contributed by atoms with Crippen molar-refractivity contribution in [2.24, 2.45) is 5.92 Å². The molecule has 1 saturated carbocycles. The van der Waals surface area contributed by atoms with Crippen LogP contribution < -0.4 is 5.32 Å². The van der Waals surface area contributed by atoms with Crippen molar-refractivity contribution in [3.8, 4) is 0 Å². The summed E-state index contributed by atoms with van der Waals surface area (Å²) in [5, 5.41) is 3.52. The fraction of sp³-hybridized carbons (Fsp3) is 0.625. The molecule has 1 aliphatic carbocycles. The molecular formula is C16H25NO. The molecule has 0 heterocycles. The normalized spacial score (nSPS) is 17.1. The Labute approximate surface area is 111 Å². The van der Waals surface area contributed by atoms with Crippen LogP contribution in [0.25, 0.3) is 0 Å². The molecule has 0 spiro atoms. The topological polar surface area (TPSA) is 21.3 Å². The van der Waals surface area contributed by atoms with Gasteiger partial charge in [-0.15, -0.1) is 0 Å². The SMILES string of the molecule is CC(C)NCC(COCC1CC1)c1ccccc1. The van der Waals surface area contributed by atoms with Gasteiger partial charge in [0.25, 0.3) is 0 Å². The van der Waals surface area contributed by atoms with Crippen molar-refractivity contribution in [2.75, 3.05) is 19.8 Å². The highest BCUT2D eigenvalue weighted by Crippen LogP contribution is 2.29. The van der Waals surface area contributed by atoms with Crippen LogP contribution in [0.5, 0.6) is 0 Å². The molecule has 0 radical (unpaired) electrons. The lowest BCUT2D eigenvalue weighted by Crippen LogP contribution is -2.30. The summed E-state index contributed by atoms with van der Waals surface area (Å²) in [6.45, 7) is 7.15. The minimum absolute atomic E-state index is 0.465. The molecule has 1 atom stereocenters. The van der Waals surface area contributed by atoms with Gasteiger partial charge in [-0.05, 0) is 24.3 Å². The standard InChI is InChI=1S/C16H25NO/c1-13(2)17-10-16(12-18-11-14-8-9-14)15-6-4-3-5-7-15/h3-7,13-14,16-17H,8-12H2,1-2H3. The van der Waals surface area contributed by atoms with E-state index in [1.54, 1.807) is 0 Å². The number of nitrogens with one attached hydrogen (secondary N) is 1. The molecule has 0 saturated heterocycles. The quantitative estimate of drug-likeness (QED) is 0.761. The van der Waals surface area contributed by atoms with Crippen LogP contribution >= 0.6 is 0 Å². The Bertz CT molecular complexity index is 332. The van der Waals surface area contributed by atoms with Gasteiger partial charge in [0.15, 0.2) is 0 Å². The molecule has 100 valence electrons. The maximum absolute atomic E-state index is 5.87. The van der Waals surface area contributed by atoms with Gasteiger partial charge in [0.1, 0.15) is 0 Å². The second kappa shape index (κ2) is 6.91. The summed E-state index contributed by atoms with van der Waals surface area (Å²) in [4.78, 5) is 0. The highest BCUT2D eigenvalue weighted by atomic mass is 16.5. The van der Waals surface area contributed by atoms with Gasteiger partial charge < -0.3 is 10.1 Å². The first kappa shape index (κ1) is 13.6. The maximum Gasteiger partial charge on any atom is 0.0547 e. The summed E-state index contributed by atoms with van der Waals surface area (Å²) in [6, 6.07) is 11.2. The molecule has 18 heavy (non-hydrogen) atoms. The molecule has 0 aliphatic heterocycles. The molecule has 0 amide bonds. The van der Waals surface area contributed by atoms with Gasteiger partial charge >= 0.3 is 0 Å². The van der Waals surface area contributed by atoms with E-state index in [0.29, 0.717) is 12.0 Å². The minimum Gasteiger partial charge on any atom is -0.380 e. The Morgan fingerprint density at radius 1 is 1.22 bits per heavy atom. The summed E-state index contributed by atoms with van der Waals surface area (Å²) >= 11 is 0. The largest absolute Gasteiger partial charge is 0.380 e. The van der Waals surface area contributed by atoms with Crippen LogP contribution in [0, 0.1) is 5.92 Å². The smallest absolute Gasteiger partial charge is 0.0547 e. The Balaban J connectivity index is 1.84. The second-order valence-corrected chi connectivity index (χ2v) is 5.65. The zero-order valence-electron chi connectivity index (χ0n) is 11.6. The summed E-state index contributed by atoms with van der Waals surface area (Å²) < 4.78 is 5.87. The van der Waals surface area contributed by atoms with Crippen LogP contribution in [0.1, 0.15) is 38.2 Å². The van der Waals surface area contributed by atoms with Gasteiger partial charge in [-0.2, -0.15) is 0 Å². The zero-order valence-corrected chi connectivity index (χ0v) is 11.6. The summed E-state index contributed by atoms with van der Waals surface area (Å²) in [7, 11) is 0. The summed E-state index contributed by atoms with van der Waals surface area (Å²) in [6.07, 6.45) is 2.72. The Morgan fingerprint density at radius 2 is 1.94 bits per heavy atom. The van der Waals surface area contributed by atoms with E-state index in [4.69, 9.17) is 4.74 Å². The highest BCUT2D eigenvalue weighted by molar-refractivity contribution is 5.20. The van der Waals surface area contributed by atoms with Crippen LogP contribution in [0.3, 0.4) is 0 Å². The van der Waals surface area contributed by atoms with Crippen molar-refractivity contribution < 1.29 is 4.74 Å². The average Bonchev–Trinajstić information content (AvgIpc) is 3.18. The van der Waals surface area contributed by atoms with Crippen molar-refractivity contribution in [1.29, 1.82) is 0 Å². The first-order chi connectivity index (χ1) is 8.75. The maximum atomic E-state index is 5.87. The van der Waals surface area contributed by atoms with Crippen molar-refractivity contribution in [2.45, 2.75) is 38.6 Å². The van der Waals surface area contributed by atoms with E-state index >= 15 is 0 Å². The fourth-order valence-electron chi connectivity index (χ4n) is 2.04. The van der Waals surface area contributed by atoms with Crippen molar-refractivity contribution in [3.63, 3.8) is 0 Å². The summed E-state index contributed by atoms with van der Waals surface area (Å²) in [5.41, 5.74) is 1.38. The molecule has 2 rings (SSSR count). The molecule has 0 bridgehead atoms. The van der Waals surface area contributed by atoms with Crippen LogP contribution in [-0.2, 0) is 4.74 Å². The number of benzene rings is 1. The molecule has 1 unspecified atom stereocenters. The molecule has 1 aromatic carbocycles. The monoisotopic (exact) mass is 247 g/mol. The van der Waals surface area contributed by atoms with Gasteiger partial charge in [-0.25, -0.2) is 0 Å². The molecule has 1 N–H and O–H groups in total. The van der Waals surface area contributed by atoms with E-state index in [-0.39, 0.29) is 0 Å². The van der Waals surface area contributed by atoms with Gasteiger partial charge in [-0.3, -0.25) is 0 Å². The zero-order chi connectivity index (χ0) is 12.8. The Kier molecular flexibility index (Phi) is 5.21. The molecule has 2 nitrogen and oxygen atoms in total. The van der Waals surface area contributed by atoms with Crippen LogP contribution in [0.15, 0.2) is 30.3 Å². The van der Waals surface area contributed by atoms with E-state index in [1.807, 2.05) is 0 Å². The predicted molar refractivity (Wildman–Crippen MR) is 75.9 cm³/mol. The van der Waals surface area contributed by atoms with Crippen LogP contribution in [0.4, 0.5) is 0 Å². The van der Waals surface area contributed by atoms with E-state index in [1.165, 1.54) is 18.4 Å². The van der Waals surface area contributed by atoms with E-state index < -0.39 is 0 Å². The molecule has 1 aromatic rings. The van der Waals surface area contributed by atoms with Gasteiger partial charge in [0.05, 0.1) is 6.61 Å². The van der Waals surface area contributed by atoms with Gasteiger partial charge in [0, 0.05) is 25.1 Å². The third kappa shape index (κ3) is 4.79. The average molecular weight is 247 g/mol. The predicted octanol–water partition coefficient (Wildman–Crippen LogP) is 3.19. The number of hydrogen-bond donors (Lipinski definition) is 1. The molecule has 2 heteroatoms. The second-order valence-electron chi connectivity index (χ2n) is 5.65. The van der Waals surface area contributed by atoms with Crippen LogP contribution in [0.2, 0.25) is 0 Å². The minimum atomic E-state index is 0.465. The molecular weight excluding hydrogens is 222 g/mol. The first-order valence-corrected chi connectivity index (χ1v) is 7.11. The van der Waals surface area contributed by atoms with Crippen molar-refractivity contribution in [3.05, 3.63) is 35.9 Å². The Hall–Kier alpha value is -0.860. The van der Waals surface area contributed by atoms with Gasteiger partial charge in [0.2, 0.25) is 0 Å². The number of ether oxygens (including phenoxy) is 1. The van der Waals surface area contributed by atoms with E-state index in [0.717, 1.165) is 25.7 Å². The lowest BCUT2D eigenvalue weighted by atomic mass is 10.00. The van der Waals surface area contributed by atoms with Gasteiger partial charge in [-0.1, -0.05) is 44.2 Å². The number of hydrogen-bond acceptors (Lipinski definition) is 2. The lowest BCUT2D eigenvalue weighted by molar-refractivity contribution is 0.110. The highest BCUT2D eigenvalue weighted by Gasteiger charge is 2.22. The molecule has 1 fully saturated rings. The first-order valence-electron chi connectivity index (χ1n) is 7.11. The molecule has 1 aliphatic rings. The van der Waals surface area contributed by atoms with Crippen molar-refractivity contribution >= 4 is 0 Å². The summed E-state index contributed by atoms with van der Waals surface area (Å²) in [5.74, 6) is 1.31. The number of rotatable bonds is 8. The fourth-order valence-corrected chi connectivity index (χ4v) is 2.04. The Morgan fingerprint density at radius 3 is 2.56 bits per heavy atom. The third-order valence-corrected chi connectivity index (χ3v) is 3.41. The van der Waals surface area contributed by atoms with E-state index in [9.17, 15) is 0 Å². The van der Waals surface area contributed by atoms with E-state index in [2.05, 4.69) is 49.5 Å². The third-order valence-electron chi connectivity index (χ3n) is 3.41. The lowest BCUT2D eigenvalue weighted by Gasteiger charge is -2.20. The van der Waals surface area contributed by atoms with Crippen LogP contribution in [-0.4, -0.2) is 25.8 Å². The molecule has 0 aromatic heterocycles. The van der Waals surface area contributed by atoms with Crippen molar-refractivity contribution in [1.82, 2.24) is 5.32 Å².